The zero-order chi connectivity index (χ0) is 19.1. The maximum Gasteiger partial charge on any atom is 0.260 e. The van der Waals surface area contributed by atoms with Gasteiger partial charge in [0.1, 0.15) is 12.4 Å². The Balaban J connectivity index is 1.38. The van der Waals surface area contributed by atoms with Crippen LogP contribution in [-0.2, 0) is 22.6 Å². The highest BCUT2D eigenvalue weighted by molar-refractivity contribution is 6.36. The fourth-order valence-electron chi connectivity index (χ4n) is 4.44. The molecule has 5 heteroatoms. The van der Waals surface area contributed by atoms with E-state index < -0.39 is 0 Å². The van der Waals surface area contributed by atoms with Gasteiger partial charge in [0.25, 0.3) is 5.91 Å². The van der Waals surface area contributed by atoms with Crippen LogP contribution in [0.15, 0.2) is 42.5 Å². The first-order chi connectivity index (χ1) is 13.7. The van der Waals surface area contributed by atoms with E-state index in [2.05, 4.69) is 28.4 Å². The number of amides is 1. The molecule has 2 aromatic rings. The maximum atomic E-state index is 12.5. The van der Waals surface area contributed by atoms with Crippen molar-refractivity contribution in [3.8, 4) is 0 Å². The van der Waals surface area contributed by atoms with Crippen molar-refractivity contribution in [2.75, 3.05) is 25.0 Å². The summed E-state index contributed by atoms with van der Waals surface area (Å²) in [6, 6.07) is 14.1. The van der Waals surface area contributed by atoms with Gasteiger partial charge in [-0.25, -0.2) is 0 Å². The van der Waals surface area contributed by atoms with Crippen molar-refractivity contribution in [2.45, 2.75) is 32.0 Å². The van der Waals surface area contributed by atoms with Crippen LogP contribution in [-0.4, -0.2) is 41.7 Å². The Morgan fingerprint density at radius 2 is 2.07 bits per heavy atom. The van der Waals surface area contributed by atoms with Gasteiger partial charge < -0.3 is 20.1 Å². The van der Waals surface area contributed by atoms with Crippen molar-refractivity contribution >= 4 is 22.9 Å². The van der Waals surface area contributed by atoms with Gasteiger partial charge in [-0.3, -0.25) is 4.79 Å². The SMILES string of the molecule is O=C1Nc2ccccc2C1=C1OCc2cc(CCN3CCCC(O)C3)ccc21. The number of fused-ring (bicyclic) bond motifs is 2. The van der Waals surface area contributed by atoms with E-state index >= 15 is 0 Å². The summed E-state index contributed by atoms with van der Waals surface area (Å²) in [5.41, 5.74) is 5.79. The number of para-hydroxylation sites is 1. The van der Waals surface area contributed by atoms with Crippen molar-refractivity contribution < 1.29 is 14.6 Å². The molecule has 2 N–H and O–H groups in total. The zero-order valence-electron chi connectivity index (χ0n) is 15.8. The number of hydrogen-bond donors (Lipinski definition) is 2. The average Bonchev–Trinajstić information content (AvgIpc) is 3.25. The van der Waals surface area contributed by atoms with Crippen molar-refractivity contribution in [3.05, 3.63) is 64.7 Å². The van der Waals surface area contributed by atoms with Crippen LogP contribution in [0.1, 0.15) is 35.1 Å². The van der Waals surface area contributed by atoms with Gasteiger partial charge in [-0.1, -0.05) is 36.4 Å². The van der Waals surface area contributed by atoms with Crippen molar-refractivity contribution in [2.24, 2.45) is 0 Å². The molecule has 28 heavy (non-hydrogen) atoms. The molecule has 1 saturated heterocycles. The number of aliphatic hydroxyl groups is 1. The lowest BCUT2D eigenvalue weighted by Crippen LogP contribution is -2.39. The third-order valence-electron chi connectivity index (χ3n) is 5.88. The minimum absolute atomic E-state index is 0.100. The number of carbonyl (C=O) groups is 1. The second kappa shape index (κ2) is 7.08. The van der Waals surface area contributed by atoms with Crippen LogP contribution < -0.4 is 5.32 Å². The van der Waals surface area contributed by atoms with Crippen LogP contribution in [0.3, 0.4) is 0 Å². The van der Waals surface area contributed by atoms with E-state index in [4.69, 9.17) is 4.74 Å². The number of benzene rings is 2. The molecular formula is C23H24N2O3. The molecule has 0 saturated carbocycles. The molecule has 0 spiro atoms. The van der Waals surface area contributed by atoms with E-state index in [1.807, 2.05) is 24.3 Å². The number of nitrogens with zero attached hydrogens (tertiary/aromatic N) is 1. The molecule has 0 radical (unpaired) electrons. The topological polar surface area (TPSA) is 61.8 Å². The van der Waals surface area contributed by atoms with E-state index in [0.717, 1.165) is 61.3 Å². The summed E-state index contributed by atoms with van der Waals surface area (Å²) < 4.78 is 5.97. The van der Waals surface area contributed by atoms with E-state index in [1.165, 1.54) is 5.56 Å². The number of anilines is 1. The van der Waals surface area contributed by atoms with Crippen LogP contribution in [0.25, 0.3) is 11.3 Å². The molecular weight excluding hydrogens is 352 g/mol. The van der Waals surface area contributed by atoms with Gasteiger partial charge in [0.05, 0.1) is 11.7 Å². The molecule has 0 aromatic heterocycles. The Kier molecular flexibility index (Phi) is 4.41. The zero-order valence-corrected chi connectivity index (χ0v) is 15.8. The van der Waals surface area contributed by atoms with Gasteiger partial charge in [-0.2, -0.15) is 0 Å². The smallest absolute Gasteiger partial charge is 0.260 e. The summed E-state index contributed by atoms with van der Waals surface area (Å²) in [6.07, 6.45) is 2.76. The second-order valence-electron chi connectivity index (χ2n) is 7.83. The standard InChI is InChI=1S/C23H24N2O3/c26-17-4-3-10-25(13-17)11-9-15-7-8-18-16(12-15)14-28-22(18)21-19-5-1-2-6-20(19)24-23(21)27/h1-2,5-8,12,17,26H,3-4,9-11,13-14H2,(H,24,27). The number of carbonyl (C=O) groups excluding carboxylic acids is 1. The quantitative estimate of drug-likeness (QED) is 0.809. The fraction of sp³-hybridized carbons (Fsp3) is 0.348. The van der Waals surface area contributed by atoms with E-state index in [9.17, 15) is 9.90 Å². The van der Waals surface area contributed by atoms with E-state index in [1.54, 1.807) is 0 Å². The lowest BCUT2D eigenvalue weighted by Gasteiger charge is -2.29. The molecule has 1 fully saturated rings. The number of β-amino-alcohol motifs (C(OH)–C–C–N with tert-alkyl or cyclic N) is 1. The summed E-state index contributed by atoms with van der Waals surface area (Å²) in [5, 5.41) is 12.8. The largest absolute Gasteiger partial charge is 0.487 e. The Hall–Kier alpha value is -2.63. The van der Waals surface area contributed by atoms with E-state index in [0.29, 0.717) is 17.9 Å². The van der Waals surface area contributed by atoms with Crippen LogP contribution >= 0.6 is 0 Å². The van der Waals surface area contributed by atoms with Crippen LogP contribution in [0.5, 0.6) is 0 Å². The normalized spacial score (nSPS) is 23.9. The minimum atomic E-state index is -0.184. The highest BCUT2D eigenvalue weighted by Gasteiger charge is 2.32. The molecule has 5 nitrogen and oxygen atoms in total. The molecule has 1 unspecified atom stereocenters. The lowest BCUT2D eigenvalue weighted by molar-refractivity contribution is -0.110. The monoisotopic (exact) mass is 376 g/mol. The molecule has 1 atom stereocenters. The molecule has 5 rings (SSSR count). The first-order valence-corrected chi connectivity index (χ1v) is 9.99. The Morgan fingerprint density at radius 3 is 2.96 bits per heavy atom. The van der Waals surface area contributed by atoms with Gasteiger partial charge in [0.2, 0.25) is 0 Å². The molecule has 3 aliphatic rings. The van der Waals surface area contributed by atoms with Crippen LogP contribution in [0.4, 0.5) is 5.69 Å². The molecule has 0 aliphatic carbocycles. The Labute approximate surface area is 164 Å². The highest BCUT2D eigenvalue weighted by atomic mass is 16.5. The number of likely N-dealkylation sites (tertiary alicyclic amines) is 1. The first kappa shape index (κ1) is 17.5. The third-order valence-corrected chi connectivity index (χ3v) is 5.88. The molecule has 3 heterocycles. The third kappa shape index (κ3) is 3.11. The minimum Gasteiger partial charge on any atom is -0.487 e. The van der Waals surface area contributed by atoms with Gasteiger partial charge in [-0.05, 0) is 37.4 Å². The highest BCUT2D eigenvalue weighted by Crippen LogP contribution is 2.41. The molecule has 144 valence electrons. The Bertz CT molecular complexity index is 966. The summed E-state index contributed by atoms with van der Waals surface area (Å²) in [6.45, 7) is 3.30. The number of aliphatic hydroxyl groups excluding tert-OH is 1. The van der Waals surface area contributed by atoms with Crippen LogP contribution in [0, 0.1) is 0 Å². The Morgan fingerprint density at radius 1 is 1.18 bits per heavy atom. The lowest BCUT2D eigenvalue weighted by atomic mass is 9.98. The number of piperidine rings is 1. The van der Waals surface area contributed by atoms with Crippen LogP contribution in [0.2, 0.25) is 0 Å². The number of nitrogens with one attached hydrogen (secondary N) is 1. The fourth-order valence-corrected chi connectivity index (χ4v) is 4.44. The average molecular weight is 376 g/mol. The summed E-state index contributed by atoms with van der Waals surface area (Å²) in [7, 11) is 0. The second-order valence-corrected chi connectivity index (χ2v) is 7.83. The molecule has 3 aliphatic heterocycles. The van der Waals surface area contributed by atoms with Crippen molar-refractivity contribution in [1.29, 1.82) is 0 Å². The molecule has 2 aromatic carbocycles. The predicted molar refractivity (Wildman–Crippen MR) is 109 cm³/mol. The maximum absolute atomic E-state index is 12.5. The number of rotatable bonds is 3. The summed E-state index contributed by atoms with van der Waals surface area (Å²) in [5.74, 6) is 0.583. The van der Waals surface area contributed by atoms with Gasteiger partial charge in [-0.15, -0.1) is 0 Å². The molecule has 1 amide bonds. The molecule has 0 bridgehead atoms. The predicted octanol–water partition coefficient (Wildman–Crippen LogP) is 3.04. The summed E-state index contributed by atoms with van der Waals surface area (Å²) in [4.78, 5) is 14.9. The first-order valence-electron chi connectivity index (χ1n) is 9.99. The van der Waals surface area contributed by atoms with Crippen molar-refractivity contribution in [3.63, 3.8) is 0 Å². The number of ether oxygens (including phenoxy) is 1. The van der Waals surface area contributed by atoms with Gasteiger partial charge >= 0.3 is 0 Å². The summed E-state index contributed by atoms with van der Waals surface area (Å²) >= 11 is 0. The number of hydrogen-bond acceptors (Lipinski definition) is 4. The van der Waals surface area contributed by atoms with Crippen molar-refractivity contribution in [1.82, 2.24) is 4.90 Å². The van der Waals surface area contributed by atoms with Gasteiger partial charge in [0.15, 0.2) is 0 Å². The van der Waals surface area contributed by atoms with Gasteiger partial charge in [0, 0.05) is 35.5 Å². The van der Waals surface area contributed by atoms with E-state index in [-0.39, 0.29) is 12.0 Å².